The lowest BCUT2D eigenvalue weighted by molar-refractivity contribution is -0.384. The maximum atomic E-state index is 12.6. The van der Waals surface area contributed by atoms with Crippen LogP contribution >= 0.6 is 0 Å². The fourth-order valence-corrected chi connectivity index (χ4v) is 2.57. The lowest BCUT2D eigenvalue weighted by atomic mass is 9.99. The number of benzene rings is 3. The molecule has 0 spiro atoms. The molecule has 0 fully saturated rings. The van der Waals surface area contributed by atoms with Crippen molar-refractivity contribution in [1.82, 2.24) is 0 Å². The van der Waals surface area contributed by atoms with Crippen LogP contribution in [-0.4, -0.2) is 10.7 Å². The Hall–Kier alpha value is -3.27. The van der Waals surface area contributed by atoms with Crippen LogP contribution in [0.4, 0.5) is 5.69 Å². The third-order valence-corrected chi connectivity index (χ3v) is 3.86. The highest BCUT2D eigenvalue weighted by Gasteiger charge is 2.09. The smallest absolute Gasteiger partial charge is 0.269 e. The van der Waals surface area contributed by atoms with Crippen molar-refractivity contribution in [2.75, 3.05) is 0 Å². The molecular formula is C20H15NO3. The van der Waals surface area contributed by atoms with Crippen LogP contribution in [0.2, 0.25) is 0 Å². The normalized spacial score (nSPS) is 11.5. The van der Waals surface area contributed by atoms with Crippen molar-refractivity contribution in [2.24, 2.45) is 0 Å². The molecule has 3 aromatic rings. The average Bonchev–Trinajstić information content (AvgIpc) is 2.61. The summed E-state index contributed by atoms with van der Waals surface area (Å²) < 4.78 is 0. The van der Waals surface area contributed by atoms with E-state index in [1.165, 1.54) is 12.1 Å². The zero-order chi connectivity index (χ0) is 17.1. The van der Waals surface area contributed by atoms with Gasteiger partial charge in [0.05, 0.1) is 4.92 Å². The molecule has 0 saturated heterocycles. The van der Waals surface area contributed by atoms with Gasteiger partial charge in [0.25, 0.3) is 5.69 Å². The summed E-state index contributed by atoms with van der Waals surface area (Å²) in [5.41, 5.74) is 2.00. The average molecular weight is 317 g/mol. The molecule has 0 aliphatic heterocycles. The number of fused-ring (bicyclic) bond motifs is 1. The van der Waals surface area contributed by atoms with Crippen LogP contribution in [0.3, 0.4) is 0 Å². The Morgan fingerprint density at radius 1 is 0.958 bits per heavy atom. The fourth-order valence-electron chi connectivity index (χ4n) is 2.57. The third kappa shape index (κ3) is 3.22. The number of rotatable bonds is 4. The van der Waals surface area contributed by atoms with Crippen molar-refractivity contribution >= 4 is 28.3 Å². The Bertz CT molecular complexity index is 956. The number of allylic oxidation sites excluding steroid dienone is 1. The lowest BCUT2D eigenvalue weighted by Crippen LogP contribution is -2.00. The molecule has 0 saturated carbocycles. The molecule has 0 bridgehead atoms. The van der Waals surface area contributed by atoms with E-state index in [-0.39, 0.29) is 11.5 Å². The van der Waals surface area contributed by atoms with Gasteiger partial charge in [-0.1, -0.05) is 36.4 Å². The SMILES string of the molecule is C/C(=C\c1ccc([N+](=O)[O-])cc1)C(=O)c1ccc2ccccc2c1. The number of carbonyl (C=O) groups is 1. The number of carbonyl (C=O) groups excluding carboxylic acids is 1. The van der Waals surface area contributed by atoms with Gasteiger partial charge in [0.2, 0.25) is 0 Å². The molecule has 118 valence electrons. The minimum atomic E-state index is -0.444. The highest BCUT2D eigenvalue weighted by Crippen LogP contribution is 2.20. The first-order valence-electron chi connectivity index (χ1n) is 7.51. The Morgan fingerprint density at radius 3 is 2.29 bits per heavy atom. The molecule has 0 aliphatic carbocycles. The first-order chi connectivity index (χ1) is 11.5. The fraction of sp³-hybridized carbons (Fsp3) is 0.0500. The second-order valence-corrected chi connectivity index (χ2v) is 5.57. The van der Waals surface area contributed by atoms with E-state index < -0.39 is 4.92 Å². The molecular weight excluding hydrogens is 302 g/mol. The van der Waals surface area contributed by atoms with Crippen LogP contribution in [0, 0.1) is 10.1 Å². The predicted octanol–water partition coefficient (Wildman–Crippen LogP) is 5.03. The predicted molar refractivity (Wildman–Crippen MR) is 95.0 cm³/mol. The molecule has 0 N–H and O–H groups in total. The number of nitro groups is 1. The van der Waals surface area contributed by atoms with E-state index in [1.807, 2.05) is 42.5 Å². The van der Waals surface area contributed by atoms with Crippen LogP contribution in [0.15, 0.2) is 72.3 Å². The van der Waals surface area contributed by atoms with Gasteiger partial charge in [0, 0.05) is 17.7 Å². The molecule has 3 aromatic carbocycles. The van der Waals surface area contributed by atoms with E-state index in [2.05, 4.69) is 0 Å². The quantitative estimate of drug-likeness (QED) is 0.293. The Labute approximate surface area is 139 Å². The Balaban J connectivity index is 1.88. The number of nitrogens with zero attached hydrogens (tertiary/aromatic N) is 1. The van der Waals surface area contributed by atoms with E-state index in [4.69, 9.17) is 0 Å². The number of nitro benzene ring substituents is 1. The number of ketones is 1. The molecule has 0 unspecified atom stereocenters. The zero-order valence-electron chi connectivity index (χ0n) is 13.1. The van der Waals surface area contributed by atoms with Crippen LogP contribution in [0.25, 0.3) is 16.8 Å². The molecule has 0 heterocycles. The topological polar surface area (TPSA) is 60.2 Å². The summed E-state index contributed by atoms with van der Waals surface area (Å²) in [4.78, 5) is 22.8. The van der Waals surface area contributed by atoms with Gasteiger partial charge < -0.3 is 0 Å². The van der Waals surface area contributed by atoms with Gasteiger partial charge >= 0.3 is 0 Å². The highest BCUT2D eigenvalue weighted by atomic mass is 16.6. The second kappa shape index (κ2) is 6.46. The maximum Gasteiger partial charge on any atom is 0.269 e. The third-order valence-electron chi connectivity index (χ3n) is 3.86. The van der Waals surface area contributed by atoms with Crippen molar-refractivity contribution in [3.63, 3.8) is 0 Å². The van der Waals surface area contributed by atoms with Gasteiger partial charge in [-0.05, 0) is 53.1 Å². The van der Waals surface area contributed by atoms with Gasteiger partial charge in [-0.3, -0.25) is 14.9 Å². The van der Waals surface area contributed by atoms with Crippen molar-refractivity contribution < 1.29 is 9.72 Å². The molecule has 0 aromatic heterocycles. The van der Waals surface area contributed by atoms with Gasteiger partial charge in [-0.2, -0.15) is 0 Å². The van der Waals surface area contributed by atoms with Gasteiger partial charge in [-0.15, -0.1) is 0 Å². The van der Waals surface area contributed by atoms with Gasteiger partial charge in [0.1, 0.15) is 0 Å². The van der Waals surface area contributed by atoms with Gasteiger partial charge in [0.15, 0.2) is 5.78 Å². The van der Waals surface area contributed by atoms with Gasteiger partial charge in [-0.25, -0.2) is 0 Å². The number of hydrogen-bond acceptors (Lipinski definition) is 3. The summed E-state index contributed by atoms with van der Waals surface area (Å²) in [6.07, 6.45) is 1.74. The van der Waals surface area contributed by atoms with E-state index in [0.717, 1.165) is 16.3 Å². The number of non-ortho nitro benzene ring substituents is 1. The Kier molecular flexibility index (Phi) is 4.20. The second-order valence-electron chi connectivity index (χ2n) is 5.57. The van der Waals surface area contributed by atoms with E-state index in [0.29, 0.717) is 11.1 Å². The molecule has 0 amide bonds. The largest absolute Gasteiger partial charge is 0.289 e. The minimum Gasteiger partial charge on any atom is -0.289 e. The summed E-state index contributed by atoms with van der Waals surface area (Å²) in [7, 11) is 0. The van der Waals surface area contributed by atoms with Crippen molar-refractivity contribution in [1.29, 1.82) is 0 Å². The first kappa shape index (κ1) is 15.6. The van der Waals surface area contributed by atoms with Crippen LogP contribution in [0.1, 0.15) is 22.8 Å². The summed E-state index contributed by atoms with van der Waals surface area (Å²) in [5.74, 6) is -0.0564. The van der Waals surface area contributed by atoms with Crippen molar-refractivity contribution in [3.8, 4) is 0 Å². The van der Waals surface area contributed by atoms with E-state index in [1.54, 1.807) is 25.1 Å². The summed E-state index contributed by atoms with van der Waals surface area (Å²) >= 11 is 0. The van der Waals surface area contributed by atoms with Crippen LogP contribution < -0.4 is 0 Å². The first-order valence-corrected chi connectivity index (χ1v) is 7.51. The molecule has 0 atom stereocenters. The Morgan fingerprint density at radius 2 is 1.62 bits per heavy atom. The maximum absolute atomic E-state index is 12.6. The minimum absolute atomic E-state index is 0.0330. The lowest BCUT2D eigenvalue weighted by Gasteiger charge is -2.04. The highest BCUT2D eigenvalue weighted by molar-refractivity contribution is 6.12. The molecule has 4 nitrogen and oxygen atoms in total. The molecule has 3 rings (SSSR count). The summed E-state index contributed by atoms with van der Waals surface area (Å²) in [6, 6.07) is 19.6. The summed E-state index contributed by atoms with van der Waals surface area (Å²) in [6.45, 7) is 1.75. The van der Waals surface area contributed by atoms with E-state index >= 15 is 0 Å². The van der Waals surface area contributed by atoms with Crippen LogP contribution in [-0.2, 0) is 0 Å². The molecule has 4 heteroatoms. The standard InChI is InChI=1S/C20H15NO3/c1-14(12-15-6-10-19(11-7-15)21(23)24)20(22)18-9-8-16-4-2-3-5-17(16)13-18/h2-13H,1H3/b14-12+. The van der Waals surface area contributed by atoms with E-state index in [9.17, 15) is 14.9 Å². The zero-order valence-corrected chi connectivity index (χ0v) is 13.1. The molecule has 24 heavy (non-hydrogen) atoms. The molecule has 0 radical (unpaired) electrons. The van der Waals surface area contributed by atoms with Crippen molar-refractivity contribution in [3.05, 3.63) is 93.5 Å². The summed E-state index contributed by atoms with van der Waals surface area (Å²) in [5, 5.41) is 12.8. The monoisotopic (exact) mass is 317 g/mol. The number of hydrogen-bond donors (Lipinski definition) is 0. The molecule has 0 aliphatic rings. The van der Waals surface area contributed by atoms with Crippen LogP contribution in [0.5, 0.6) is 0 Å². The van der Waals surface area contributed by atoms with Crippen molar-refractivity contribution in [2.45, 2.75) is 6.92 Å². The number of Topliss-reactive ketones (excluding diaryl/α,β-unsaturated/α-hetero) is 1.